The number of carboxylic acids is 1. The molecule has 0 aliphatic carbocycles. The van der Waals surface area contributed by atoms with E-state index in [1.54, 1.807) is 0 Å². The summed E-state index contributed by atoms with van der Waals surface area (Å²) < 4.78 is 35.1. The van der Waals surface area contributed by atoms with E-state index in [0.717, 1.165) is 58.3 Å². The molecule has 2 amide bonds. The van der Waals surface area contributed by atoms with E-state index < -0.39 is 148 Å². The molecule has 3 rings (SSSR count). The fraction of sp³-hybridized carbons (Fsp3) is 0.943. The fourth-order valence-electron chi connectivity index (χ4n) is 15.9. The highest BCUT2D eigenvalue weighted by atomic mass is 16.8. The van der Waals surface area contributed by atoms with Gasteiger partial charge in [-0.1, -0.05) is 341 Å². The topological polar surface area (TPSA) is 373 Å². The van der Waals surface area contributed by atoms with Crippen LogP contribution in [0.25, 0.3) is 0 Å². The second kappa shape index (κ2) is 65.5. The van der Waals surface area contributed by atoms with Crippen molar-refractivity contribution >= 4 is 17.8 Å². The summed E-state index contributed by atoms with van der Waals surface area (Å²) in [6.45, 7) is 2.29. The Morgan fingerprint density at radius 1 is 0.464 bits per heavy atom. The third-order valence-corrected chi connectivity index (χ3v) is 23.0. The molecule has 648 valence electrons. The molecule has 0 radical (unpaired) electrons. The van der Waals surface area contributed by atoms with Crippen LogP contribution < -0.4 is 10.6 Å². The average molecular weight is 1570 g/mol. The van der Waals surface area contributed by atoms with Gasteiger partial charge in [0, 0.05) is 19.8 Å². The lowest BCUT2D eigenvalue weighted by molar-refractivity contribution is -0.386. The standard InChI is InChI=1S/C87H164N2O21/c1-4-6-8-10-12-14-16-18-20-22-24-26-28-30-31-32-33-34-35-36-37-39-41-43-45-47-49-51-53-55-57-59-61-74(97)89-68(69(94)60-58-56-54-52-50-48-46-44-42-40-38-29-27-25-23-21-19-17-15-13-11-9-7-5-2)66-105-84-79(101)78(100)81(73(65-92)107-84)108-85-80(102)83(77(99)72(64-91)106-85)110-87(86(103)104)62-70(95)75(88-67(3)93)82(109-87)76(98)71(96)63-90/h30-31,68-73,75-85,90-92,94-96,98-102H,4-29,32-66H2,1-3H3,(H,88,93)(H,89,97)(H,103,104)/b31-30-. The SMILES string of the molecule is CCCCCCCCCCCCCC/C=C\CCCCCCCCCCCCCCCCCCC(=O)NC(COC1OC(CO)C(OC2OC(CO)C(O)C(OC3(C(=O)O)CC(O)C(NC(C)=O)C(C(O)C(O)CO)O3)C2O)C(O)C1O)C(O)CCCCCCCCCCCCCCCCCCCCCCCCCC. The number of unbranched alkanes of at least 4 members (excludes halogenated alkanes) is 51. The van der Waals surface area contributed by atoms with Crippen LogP contribution in [0.5, 0.6) is 0 Å². The van der Waals surface area contributed by atoms with Crippen molar-refractivity contribution in [1.82, 2.24) is 10.6 Å². The molecule has 0 bridgehead atoms. The number of allylic oxidation sites excluding steroid dienone is 2. The van der Waals surface area contributed by atoms with Crippen molar-refractivity contribution < 1.29 is 104 Å². The van der Waals surface area contributed by atoms with E-state index in [9.17, 15) is 75.7 Å². The molecule has 0 aromatic carbocycles. The van der Waals surface area contributed by atoms with Gasteiger partial charge in [0.05, 0.1) is 50.7 Å². The summed E-state index contributed by atoms with van der Waals surface area (Å²) in [5.74, 6) is -6.09. The first-order chi connectivity index (χ1) is 53.4. The van der Waals surface area contributed by atoms with Crippen molar-refractivity contribution in [2.75, 3.05) is 26.4 Å². The maximum absolute atomic E-state index is 13.6. The van der Waals surface area contributed by atoms with Crippen molar-refractivity contribution in [2.24, 2.45) is 0 Å². The van der Waals surface area contributed by atoms with Gasteiger partial charge in [0.25, 0.3) is 5.79 Å². The van der Waals surface area contributed by atoms with Gasteiger partial charge in [-0.25, -0.2) is 4.79 Å². The van der Waals surface area contributed by atoms with Gasteiger partial charge in [-0.05, 0) is 38.5 Å². The Kier molecular flexibility index (Phi) is 60.5. The first kappa shape index (κ1) is 102. The fourth-order valence-corrected chi connectivity index (χ4v) is 15.9. The van der Waals surface area contributed by atoms with Crippen LogP contribution in [0.3, 0.4) is 0 Å². The Morgan fingerprint density at radius 3 is 1.23 bits per heavy atom. The van der Waals surface area contributed by atoms with E-state index in [1.165, 1.54) is 283 Å². The number of hydrogen-bond acceptors (Lipinski definition) is 20. The molecule has 0 aromatic heterocycles. The number of carbonyl (C=O) groups is 3. The number of nitrogens with one attached hydrogen (secondary N) is 2. The molecule has 3 saturated heterocycles. The maximum atomic E-state index is 13.6. The number of carbonyl (C=O) groups excluding carboxylic acids is 2. The number of amides is 2. The highest BCUT2D eigenvalue weighted by Gasteiger charge is 2.60. The monoisotopic (exact) mass is 1570 g/mol. The van der Waals surface area contributed by atoms with Crippen LogP contribution in [-0.4, -0.2) is 215 Å². The molecule has 0 spiro atoms. The van der Waals surface area contributed by atoms with E-state index in [4.69, 9.17) is 28.4 Å². The predicted octanol–water partition coefficient (Wildman–Crippen LogP) is 14.1. The molecule has 0 aromatic rings. The molecule has 23 heteroatoms. The van der Waals surface area contributed by atoms with E-state index in [0.29, 0.717) is 19.3 Å². The molecule has 3 fully saturated rings. The molecule has 18 unspecified atom stereocenters. The molecular formula is C87H164N2O21. The minimum atomic E-state index is -3.08. The second-order valence-electron chi connectivity index (χ2n) is 32.8. The number of hydrogen-bond donors (Lipinski definition) is 14. The summed E-state index contributed by atoms with van der Waals surface area (Å²) in [5.41, 5.74) is 0. The predicted molar refractivity (Wildman–Crippen MR) is 431 cm³/mol. The number of ether oxygens (including phenoxy) is 6. The molecule has 3 heterocycles. The Hall–Kier alpha value is -2.53. The Labute approximate surface area is 664 Å². The number of aliphatic carboxylic acids is 1. The summed E-state index contributed by atoms with van der Waals surface area (Å²) in [7, 11) is 0. The average Bonchev–Trinajstić information content (AvgIpc) is 0.753. The van der Waals surface area contributed by atoms with Gasteiger partial charge in [-0.15, -0.1) is 0 Å². The summed E-state index contributed by atoms with van der Waals surface area (Å²) in [6.07, 6.45) is 45.0. The van der Waals surface area contributed by atoms with Gasteiger partial charge in [-0.2, -0.15) is 0 Å². The van der Waals surface area contributed by atoms with Crippen molar-refractivity contribution in [3.63, 3.8) is 0 Å². The zero-order valence-electron chi connectivity index (χ0n) is 69.1. The van der Waals surface area contributed by atoms with Crippen LogP contribution in [0.4, 0.5) is 0 Å². The zero-order chi connectivity index (χ0) is 80.3. The van der Waals surface area contributed by atoms with Crippen LogP contribution >= 0.6 is 0 Å². The van der Waals surface area contributed by atoms with Gasteiger partial charge < -0.3 is 100 Å². The number of rotatable bonds is 73. The third-order valence-electron chi connectivity index (χ3n) is 23.0. The van der Waals surface area contributed by atoms with E-state index >= 15 is 0 Å². The Bertz CT molecular complexity index is 2220. The van der Waals surface area contributed by atoms with E-state index in [-0.39, 0.29) is 18.9 Å². The molecule has 3 aliphatic heterocycles. The third kappa shape index (κ3) is 44.1. The zero-order valence-corrected chi connectivity index (χ0v) is 69.1. The van der Waals surface area contributed by atoms with Crippen molar-refractivity contribution in [3.8, 4) is 0 Å². The minimum absolute atomic E-state index is 0.228. The lowest BCUT2D eigenvalue weighted by Crippen LogP contribution is -2.70. The second-order valence-corrected chi connectivity index (χ2v) is 32.8. The summed E-state index contributed by atoms with van der Waals surface area (Å²) in [6, 6.07) is -2.53. The molecule has 18 atom stereocenters. The lowest BCUT2D eigenvalue weighted by Gasteiger charge is -2.50. The molecule has 23 nitrogen and oxygen atoms in total. The van der Waals surface area contributed by atoms with Gasteiger partial charge in [0.15, 0.2) is 12.6 Å². The summed E-state index contributed by atoms with van der Waals surface area (Å²) >= 11 is 0. The smallest absolute Gasteiger partial charge is 0.364 e. The highest BCUT2D eigenvalue weighted by Crippen LogP contribution is 2.39. The lowest BCUT2D eigenvalue weighted by atomic mass is 9.88. The number of carboxylic acid groups (broad SMARTS) is 1. The number of aliphatic hydroxyl groups is 11. The molecule has 3 aliphatic rings. The van der Waals surface area contributed by atoms with Gasteiger partial charge in [-0.3, -0.25) is 9.59 Å². The van der Waals surface area contributed by atoms with Crippen LogP contribution in [0, 0.1) is 0 Å². The number of aliphatic hydroxyl groups excluding tert-OH is 11. The van der Waals surface area contributed by atoms with Crippen molar-refractivity contribution in [2.45, 2.75) is 497 Å². The van der Waals surface area contributed by atoms with E-state index in [2.05, 4.69) is 36.6 Å². The van der Waals surface area contributed by atoms with Crippen LogP contribution in [0.15, 0.2) is 12.2 Å². The molecule has 110 heavy (non-hydrogen) atoms. The largest absolute Gasteiger partial charge is 0.477 e. The van der Waals surface area contributed by atoms with Gasteiger partial charge in [0.1, 0.15) is 67.1 Å². The Balaban J connectivity index is 1.45. The molecular weight excluding hydrogens is 1410 g/mol. The van der Waals surface area contributed by atoms with Crippen LogP contribution in [0.2, 0.25) is 0 Å². The summed E-state index contributed by atoms with van der Waals surface area (Å²) in [5, 5.41) is 137. The Morgan fingerprint density at radius 2 is 0.845 bits per heavy atom. The summed E-state index contributed by atoms with van der Waals surface area (Å²) in [4.78, 5) is 38.8. The highest BCUT2D eigenvalue weighted by molar-refractivity contribution is 5.77. The van der Waals surface area contributed by atoms with Crippen molar-refractivity contribution in [1.29, 1.82) is 0 Å². The van der Waals surface area contributed by atoms with Gasteiger partial charge >= 0.3 is 5.97 Å². The normalized spacial score (nSPS) is 25.6. The quantitative estimate of drug-likeness (QED) is 0.0199. The first-order valence-electron chi connectivity index (χ1n) is 45.0. The minimum Gasteiger partial charge on any atom is -0.477 e. The maximum Gasteiger partial charge on any atom is 0.364 e. The molecule has 0 saturated carbocycles. The van der Waals surface area contributed by atoms with Gasteiger partial charge in [0.2, 0.25) is 11.8 Å². The van der Waals surface area contributed by atoms with E-state index in [1.807, 2.05) is 0 Å². The van der Waals surface area contributed by atoms with Crippen LogP contribution in [-0.2, 0) is 42.8 Å². The first-order valence-corrected chi connectivity index (χ1v) is 45.0. The van der Waals surface area contributed by atoms with Crippen molar-refractivity contribution in [3.05, 3.63) is 12.2 Å². The van der Waals surface area contributed by atoms with Crippen LogP contribution in [0.1, 0.15) is 387 Å². The molecule has 14 N–H and O–H groups in total.